The molecule has 96 valence electrons. The molecule has 0 spiro atoms. The van der Waals surface area contributed by atoms with Crippen molar-refractivity contribution in [1.82, 2.24) is 0 Å². The topological polar surface area (TPSA) is 57.6 Å². The summed E-state index contributed by atoms with van der Waals surface area (Å²) in [5.41, 5.74) is 1.29. The van der Waals surface area contributed by atoms with E-state index in [1.165, 1.54) is 4.90 Å². The first-order chi connectivity index (χ1) is 8.40. The number of benzene rings is 1. The predicted octanol–water partition coefficient (Wildman–Crippen LogP) is 2.74. The van der Waals surface area contributed by atoms with Gasteiger partial charge < -0.3 is 10.0 Å². The van der Waals surface area contributed by atoms with Crippen LogP contribution in [0.25, 0.3) is 0 Å². The Bertz CT molecular complexity index is 507. The van der Waals surface area contributed by atoms with E-state index in [0.29, 0.717) is 15.7 Å². The van der Waals surface area contributed by atoms with Gasteiger partial charge in [0, 0.05) is 28.7 Å². The molecule has 1 unspecified atom stereocenters. The first kappa shape index (κ1) is 13.2. The molecule has 1 heterocycles. The van der Waals surface area contributed by atoms with Crippen LogP contribution in [0, 0.1) is 12.8 Å². The van der Waals surface area contributed by atoms with Crippen LogP contribution < -0.4 is 4.90 Å². The molecule has 6 heteroatoms. The normalized spacial score (nSPS) is 19.4. The Balaban J connectivity index is 2.33. The predicted molar refractivity (Wildman–Crippen MR) is 69.3 cm³/mol. The maximum atomic E-state index is 11.8. The van der Waals surface area contributed by atoms with Crippen LogP contribution in [0.5, 0.6) is 0 Å². The fourth-order valence-electron chi connectivity index (χ4n) is 1.91. The molecule has 4 nitrogen and oxygen atoms in total. The summed E-state index contributed by atoms with van der Waals surface area (Å²) in [6.07, 6.45) is 0.0123. The average Bonchev–Trinajstić information content (AvgIpc) is 2.68. The van der Waals surface area contributed by atoms with Crippen molar-refractivity contribution < 1.29 is 14.7 Å². The first-order valence-corrected chi connectivity index (χ1v) is 6.14. The highest BCUT2D eigenvalue weighted by Gasteiger charge is 2.35. The number of nitrogens with zero attached hydrogens (tertiary/aromatic N) is 1. The fraction of sp³-hybridized carbons (Fsp3) is 0.333. The van der Waals surface area contributed by atoms with Crippen molar-refractivity contribution in [1.29, 1.82) is 0 Å². The number of anilines is 1. The van der Waals surface area contributed by atoms with Gasteiger partial charge in [-0.2, -0.15) is 0 Å². The van der Waals surface area contributed by atoms with Crippen LogP contribution in [-0.4, -0.2) is 23.5 Å². The van der Waals surface area contributed by atoms with Crippen LogP contribution in [0.2, 0.25) is 10.0 Å². The van der Waals surface area contributed by atoms with Crippen molar-refractivity contribution in [3.05, 3.63) is 27.7 Å². The quantitative estimate of drug-likeness (QED) is 0.910. The molecule has 0 aliphatic carbocycles. The van der Waals surface area contributed by atoms with E-state index in [1.807, 2.05) is 0 Å². The maximum Gasteiger partial charge on any atom is 0.308 e. The van der Waals surface area contributed by atoms with Crippen molar-refractivity contribution in [3.63, 3.8) is 0 Å². The zero-order valence-electron chi connectivity index (χ0n) is 9.61. The number of aliphatic carboxylic acids is 1. The van der Waals surface area contributed by atoms with Gasteiger partial charge in [0.1, 0.15) is 0 Å². The molecule has 18 heavy (non-hydrogen) atoms. The lowest BCUT2D eigenvalue weighted by Crippen LogP contribution is -2.25. The third-order valence-corrected chi connectivity index (χ3v) is 3.84. The first-order valence-electron chi connectivity index (χ1n) is 5.39. The van der Waals surface area contributed by atoms with Gasteiger partial charge in [-0.05, 0) is 24.6 Å². The van der Waals surface area contributed by atoms with Gasteiger partial charge in [-0.1, -0.05) is 23.2 Å². The number of carboxylic acids is 1. The van der Waals surface area contributed by atoms with Gasteiger partial charge in [-0.25, -0.2) is 0 Å². The van der Waals surface area contributed by atoms with E-state index in [-0.39, 0.29) is 18.9 Å². The minimum absolute atomic E-state index is 0.0123. The molecule has 0 bridgehead atoms. The zero-order chi connectivity index (χ0) is 13.4. The Morgan fingerprint density at radius 2 is 1.94 bits per heavy atom. The Morgan fingerprint density at radius 3 is 2.39 bits per heavy atom. The summed E-state index contributed by atoms with van der Waals surface area (Å²) >= 11 is 12.0. The highest BCUT2D eigenvalue weighted by atomic mass is 35.5. The van der Waals surface area contributed by atoms with Crippen molar-refractivity contribution in [2.45, 2.75) is 13.3 Å². The van der Waals surface area contributed by atoms with Gasteiger partial charge in [0.15, 0.2) is 0 Å². The number of carboxylic acid groups (broad SMARTS) is 1. The summed E-state index contributed by atoms with van der Waals surface area (Å²) in [7, 11) is 0. The van der Waals surface area contributed by atoms with Crippen molar-refractivity contribution >= 4 is 40.8 Å². The number of carbonyl (C=O) groups excluding carboxylic acids is 1. The molecular formula is C12H11Cl2NO3. The monoisotopic (exact) mass is 287 g/mol. The van der Waals surface area contributed by atoms with E-state index < -0.39 is 11.9 Å². The lowest BCUT2D eigenvalue weighted by Gasteiger charge is -2.17. The molecule has 0 radical (unpaired) electrons. The van der Waals surface area contributed by atoms with E-state index in [2.05, 4.69) is 0 Å². The van der Waals surface area contributed by atoms with E-state index in [0.717, 1.165) is 5.56 Å². The summed E-state index contributed by atoms with van der Waals surface area (Å²) in [5, 5.41) is 9.84. The molecule has 1 aliphatic heterocycles. The molecular weight excluding hydrogens is 277 g/mol. The summed E-state index contributed by atoms with van der Waals surface area (Å²) in [5.74, 6) is -1.86. The Kier molecular flexibility index (Phi) is 3.50. The van der Waals surface area contributed by atoms with Crippen LogP contribution in [-0.2, 0) is 9.59 Å². The minimum Gasteiger partial charge on any atom is -0.481 e. The molecule has 2 rings (SSSR count). The van der Waals surface area contributed by atoms with Crippen LogP contribution in [0.3, 0.4) is 0 Å². The second kappa shape index (κ2) is 4.78. The molecule has 1 saturated heterocycles. The summed E-state index contributed by atoms with van der Waals surface area (Å²) in [4.78, 5) is 24.1. The van der Waals surface area contributed by atoms with Gasteiger partial charge in [-0.3, -0.25) is 9.59 Å². The molecule has 1 fully saturated rings. The summed E-state index contributed by atoms with van der Waals surface area (Å²) < 4.78 is 0. The van der Waals surface area contributed by atoms with Crippen molar-refractivity contribution in [3.8, 4) is 0 Å². The SMILES string of the molecule is Cc1c(Cl)cc(N2CC(C(=O)O)CC2=O)cc1Cl. The Morgan fingerprint density at radius 1 is 1.39 bits per heavy atom. The molecule has 1 aliphatic rings. The second-order valence-electron chi connectivity index (χ2n) is 4.28. The van der Waals surface area contributed by atoms with Gasteiger partial charge in [-0.15, -0.1) is 0 Å². The average molecular weight is 288 g/mol. The summed E-state index contributed by atoms with van der Waals surface area (Å²) in [6.45, 7) is 1.93. The summed E-state index contributed by atoms with van der Waals surface area (Å²) in [6, 6.07) is 3.26. The van der Waals surface area contributed by atoms with Crippen LogP contribution in [0.4, 0.5) is 5.69 Å². The molecule has 1 amide bonds. The van der Waals surface area contributed by atoms with Crippen LogP contribution in [0.1, 0.15) is 12.0 Å². The molecule has 1 aromatic carbocycles. The highest BCUT2D eigenvalue weighted by molar-refractivity contribution is 6.36. The third-order valence-electron chi connectivity index (χ3n) is 3.05. The van der Waals surface area contributed by atoms with Crippen molar-refractivity contribution in [2.75, 3.05) is 11.4 Å². The number of hydrogen-bond acceptors (Lipinski definition) is 2. The lowest BCUT2D eigenvalue weighted by molar-refractivity contribution is -0.141. The molecule has 0 aromatic heterocycles. The van der Waals surface area contributed by atoms with Gasteiger partial charge in [0.05, 0.1) is 5.92 Å². The number of rotatable bonds is 2. The second-order valence-corrected chi connectivity index (χ2v) is 5.09. The van der Waals surface area contributed by atoms with Gasteiger partial charge >= 0.3 is 5.97 Å². The Hall–Kier alpha value is -1.26. The van der Waals surface area contributed by atoms with E-state index in [1.54, 1.807) is 19.1 Å². The standard InChI is InChI=1S/C12H11Cl2NO3/c1-6-9(13)3-8(4-10(6)14)15-5-7(12(17)18)2-11(15)16/h3-4,7H,2,5H2,1H3,(H,17,18). The van der Waals surface area contributed by atoms with Crippen LogP contribution >= 0.6 is 23.2 Å². The number of carbonyl (C=O) groups is 2. The van der Waals surface area contributed by atoms with E-state index in [4.69, 9.17) is 28.3 Å². The minimum atomic E-state index is -0.963. The molecule has 1 atom stereocenters. The van der Waals surface area contributed by atoms with Crippen molar-refractivity contribution in [2.24, 2.45) is 5.92 Å². The Labute approximate surface area is 114 Å². The molecule has 1 aromatic rings. The van der Waals surface area contributed by atoms with E-state index in [9.17, 15) is 9.59 Å². The third kappa shape index (κ3) is 2.31. The molecule has 0 saturated carbocycles. The zero-order valence-corrected chi connectivity index (χ0v) is 11.1. The maximum absolute atomic E-state index is 11.8. The number of hydrogen-bond donors (Lipinski definition) is 1. The van der Waals surface area contributed by atoms with Gasteiger partial charge in [0.2, 0.25) is 5.91 Å². The highest BCUT2D eigenvalue weighted by Crippen LogP contribution is 2.33. The fourth-order valence-corrected chi connectivity index (χ4v) is 2.39. The van der Waals surface area contributed by atoms with Gasteiger partial charge in [0.25, 0.3) is 0 Å². The van der Waals surface area contributed by atoms with E-state index >= 15 is 0 Å². The van der Waals surface area contributed by atoms with Crippen LogP contribution in [0.15, 0.2) is 12.1 Å². The number of amides is 1. The number of halogens is 2. The molecule has 1 N–H and O–H groups in total. The smallest absolute Gasteiger partial charge is 0.308 e. The largest absolute Gasteiger partial charge is 0.481 e. The lowest BCUT2D eigenvalue weighted by atomic mass is 10.1.